The van der Waals surface area contributed by atoms with Crippen molar-refractivity contribution in [1.82, 2.24) is 10.6 Å². The SMILES string of the molecule is CC(C)(C)OC(=O)NCCCCNC=O. The summed E-state index contributed by atoms with van der Waals surface area (Å²) in [6, 6.07) is 0. The van der Waals surface area contributed by atoms with E-state index in [1.807, 2.05) is 20.8 Å². The van der Waals surface area contributed by atoms with Crippen LogP contribution < -0.4 is 10.6 Å². The molecule has 0 rings (SSSR count). The second-order valence-electron chi connectivity index (χ2n) is 4.21. The summed E-state index contributed by atoms with van der Waals surface area (Å²) < 4.78 is 5.04. The first-order chi connectivity index (χ1) is 6.95. The number of rotatable bonds is 6. The Morgan fingerprint density at radius 3 is 2.40 bits per heavy atom. The van der Waals surface area contributed by atoms with Crippen LogP contribution in [0.5, 0.6) is 0 Å². The van der Waals surface area contributed by atoms with Gasteiger partial charge in [0.2, 0.25) is 6.41 Å². The van der Waals surface area contributed by atoms with Crippen LogP contribution in [-0.2, 0) is 9.53 Å². The number of unbranched alkanes of at least 4 members (excludes halogenated alkanes) is 1. The van der Waals surface area contributed by atoms with Gasteiger partial charge in [0.25, 0.3) is 0 Å². The van der Waals surface area contributed by atoms with Crippen molar-refractivity contribution in [2.24, 2.45) is 0 Å². The molecule has 0 aromatic rings. The highest BCUT2D eigenvalue weighted by Gasteiger charge is 2.15. The van der Waals surface area contributed by atoms with E-state index in [0.717, 1.165) is 12.8 Å². The van der Waals surface area contributed by atoms with E-state index in [1.54, 1.807) is 0 Å². The molecule has 0 aromatic heterocycles. The Morgan fingerprint density at radius 2 is 1.87 bits per heavy atom. The van der Waals surface area contributed by atoms with E-state index >= 15 is 0 Å². The lowest BCUT2D eigenvalue weighted by molar-refractivity contribution is -0.109. The molecule has 0 saturated heterocycles. The quantitative estimate of drug-likeness (QED) is 0.515. The normalized spacial score (nSPS) is 10.6. The van der Waals surface area contributed by atoms with Gasteiger partial charge in [-0.25, -0.2) is 4.79 Å². The average molecular weight is 216 g/mol. The van der Waals surface area contributed by atoms with Crippen molar-refractivity contribution in [1.29, 1.82) is 0 Å². The van der Waals surface area contributed by atoms with Crippen LogP contribution in [0.1, 0.15) is 33.6 Å². The first kappa shape index (κ1) is 13.7. The topological polar surface area (TPSA) is 67.4 Å². The Hall–Kier alpha value is -1.26. The largest absolute Gasteiger partial charge is 0.444 e. The molecule has 2 N–H and O–H groups in total. The molecule has 0 aliphatic heterocycles. The van der Waals surface area contributed by atoms with Gasteiger partial charge in [-0.1, -0.05) is 0 Å². The molecular formula is C10H20N2O3. The molecule has 0 aromatic carbocycles. The summed E-state index contributed by atoms with van der Waals surface area (Å²) >= 11 is 0. The Bertz CT molecular complexity index is 199. The number of carbonyl (C=O) groups is 2. The van der Waals surface area contributed by atoms with Gasteiger partial charge in [0.05, 0.1) is 0 Å². The molecule has 0 aliphatic carbocycles. The fraction of sp³-hybridized carbons (Fsp3) is 0.800. The summed E-state index contributed by atoms with van der Waals surface area (Å²) in [5.74, 6) is 0. The zero-order valence-corrected chi connectivity index (χ0v) is 9.63. The molecule has 15 heavy (non-hydrogen) atoms. The lowest BCUT2D eigenvalue weighted by Crippen LogP contribution is -2.33. The second-order valence-corrected chi connectivity index (χ2v) is 4.21. The number of hydrogen-bond acceptors (Lipinski definition) is 3. The Morgan fingerprint density at radius 1 is 1.27 bits per heavy atom. The molecule has 5 nitrogen and oxygen atoms in total. The maximum absolute atomic E-state index is 11.1. The molecule has 0 radical (unpaired) electrons. The second kappa shape index (κ2) is 7.09. The molecule has 0 fully saturated rings. The lowest BCUT2D eigenvalue weighted by Gasteiger charge is -2.19. The summed E-state index contributed by atoms with van der Waals surface area (Å²) in [4.78, 5) is 21.0. The summed E-state index contributed by atoms with van der Waals surface area (Å²) in [5, 5.41) is 5.19. The smallest absolute Gasteiger partial charge is 0.407 e. The van der Waals surface area contributed by atoms with E-state index < -0.39 is 11.7 Å². The number of carbonyl (C=O) groups excluding carboxylic acids is 2. The lowest BCUT2D eigenvalue weighted by atomic mass is 10.2. The van der Waals surface area contributed by atoms with Gasteiger partial charge in [0.1, 0.15) is 5.60 Å². The van der Waals surface area contributed by atoms with Crippen LogP contribution >= 0.6 is 0 Å². The van der Waals surface area contributed by atoms with E-state index in [-0.39, 0.29) is 0 Å². The first-order valence-corrected chi connectivity index (χ1v) is 5.09. The van der Waals surface area contributed by atoms with Crippen molar-refractivity contribution < 1.29 is 14.3 Å². The van der Waals surface area contributed by atoms with E-state index in [9.17, 15) is 9.59 Å². The van der Waals surface area contributed by atoms with Crippen molar-refractivity contribution in [3.63, 3.8) is 0 Å². The van der Waals surface area contributed by atoms with Gasteiger partial charge in [0, 0.05) is 13.1 Å². The van der Waals surface area contributed by atoms with E-state index in [1.165, 1.54) is 0 Å². The maximum Gasteiger partial charge on any atom is 0.407 e. The van der Waals surface area contributed by atoms with Gasteiger partial charge in [-0.2, -0.15) is 0 Å². The van der Waals surface area contributed by atoms with Crippen LogP contribution in [0.3, 0.4) is 0 Å². The molecule has 2 amide bonds. The zero-order chi connectivity index (χ0) is 11.7. The molecule has 0 heterocycles. The number of amides is 2. The summed E-state index contributed by atoms with van der Waals surface area (Å²) in [7, 11) is 0. The minimum absolute atomic E-state index is 0.397. The molecule has 0 saturated carbocycles. The van der Waals surface area contributed by atoms with Gasteiger partial charge < -0.3 is 15.4 Å². The molecule has 0 aliphatic rings. The van der Waals surface area contributed by atoms with E-state index in [2.05, 4.69) is 10.6 Å². The molecule has 0 bridgehead atoms. The van der Waals surface area contributed by atoms with Crippen molar-refractivity contribution in [2.45, 2.75) is 39.2 Å². The summed E-state index contributed by atoms with van der Waals surface area (Å²) in [6.07, 6.45) is 1.93. The molecular weight excluding hydrogens is 196 g/mol. The van der Waals surface area contributed by atoms with E-state index in [0.29, 0.717) is 19.5 Å². The number of alkyl carbamates (subject to hydrolysis) is 1. The van der Waals surface area contributed by atoms with Crippen molar-refractivity contribution >= 4 is 12.5 Å². The van der Waals surface area contributed by atoms with Crippen molar-refractivity contribution in [3.8, 4) is 0 Å². The van der Waals surface area contributed by atoms with Gasteiger partial charge in [-0.3, -0.25) is 4.79 Å². The minimum Gasteiger partial charge on any atom is -0.444 e. The highest BCUT2D eigenvalue weighted by Crippen LogP contribution is 2.06. The maximum atomic E-state index is 11.1. The predicted molar refractivity (Wildman–Crippen MR) is 57.5 cm³/mol. The van der Waals surface area contributed by atoms with Gasteiger partial charge in [-0.05, 0) is 33.6 Å². The summed E-state index contributed by atoms with van der Waals surface area (Å²) in [5.41, 5.74) is -0.455. The molecule has 0 unspecified atom stereocenters. The monoisotopic (exact) mass is 216 g/mol. The number of ether oxygens (including phenoxy) is 1. The van der Waals surface area contributed by atoms with Crippen LogP contribution in [-0.4, -0.2) is 31.2 Å². The number of nitrogens with one attached hydrogen (secondary N) is 2. The average Bonchev–Trinajstić information content (AvgIpc) is 2.08. The van der Waals surface area contributed by atoms with Gasteiger partial charge in [0.15, 0.2) is 0 Å². The van der Waals surface area contributed by atoms with E-state index in [4.69, 9.17) is 4.74 Å². The fourth-order valence-corrected chi connectivity index (χ4v) is 0.916. The van der Waals surface area contributed by atoms with Crippen LogP contribution in [0.25, 0.3) is 0 Å². The molecule has 88 valence electrons. The summed E-state index contributed by atoms with van der Waals surface area (Å²) in [6.45, 7) is 6.66. The van der Waals surface area contributed by atoms with Crippen LogP contribution in [0.15, 0.2) is 0 Å². The third-order valence-corrected chi connectivity index (χ3v) is 1.50. The van der Waals surface area contributed by atoms with Crippen molar-refractivity contribution in [3.05, 3.63) is 0 Å². The van der Waals surface area contributed by atoms with Crippen LogP contribution in [0.4, 0.5) is 4.79 Å². The zero-order valence-electron chi connectivity index (χ0n) is 9.63. The Labute approximate surface area is 90.6 Å². The predicted octanol–water partition coefficient (Wildman–Crippen LogP) is 1.04. The third-order valence-electron chi connectivity index (χ3n) is 1.50. The standard InChI is InChI=1S/C10H20N2O3/c1-10(2,3)15-9(14)12-7-5-4-6-11-8-13/h8H,4-7H2,1-3H3,(H,11,13)(H,12,14). The minimum atomic E-state index is -0.455. The van der Waals surface area contributed by atoms with Crippen LogP contribution in [0.2, 0.25) is 0 Å². The number of hydrogen-bond donors (Lipinski definition) is 2. The first-order valence-electron chi connectivity index (χ1n) is 5.09. The van der Waals surface area contributed by atoms with Crippen LogP contribution in [0, 0.1) is 0 Å². The molecule has 5 heteroatoms. The molecule has 0 atom stereocenters. The van der Waals surface area contributed by atoms with Gasteiger partial charge >= 0.3 is 6.09 Å². The van der Waals surface area contributed by atoms with Gasteiger partial charge in [-0.15, -0.1) is 0 Å². The fourth-order valence-electron chi connectivity index (χ4n) is 0.916. The Balaban J connectivity index is 3.36. The molecule has 0 spiro atoms. The highest BCUT2D eigenvalue weighted by atomic mass is 16.6. The van der Waals surface area contributed by atoms with Crippen molar-refractivity contribution in [2.75, 3.05) is 13.1 Å². The third kappa shape index (κ3) is 10.7. The Kier molecular flexibility index (Phi) is 6.49. The highest BCUT2D eigenvalue weighted by molar-refractivity contribution is 5.67.